The topological polar surface area (TPSA) is 47.7 Å². The molecule has 0 radical (unpaired) electrons. The Hall–Kier alpha value is -1.17. The third-order valence-corrected chi connectivity index (χ3v) is 3.65. The molecule has 4 nitrogen and oxygen atoms in total. The summed E-state index contributed by atoms with van der Waals surface area (Å²) < 4.78 is 11.0. The van der Waals surface area contributed by atoms with E-state index < -0.39 is 0 Å². The zero-order valence-electron chi connectivity index (χ0n) is 13.2. The summed E-state index contributed by atoms with van der Waals surface area (Å²) in [4.78, 5) is 2.78. The summed E-state index contributed by atoms with van der Waals surface area (Å²) in [6.45, 7) is 7.79. The Balaban J connectivity index is 2.36. The van der Waals surface area contributed by atoms with Crippen molar-refractivity contribution in [1.29, 1.82) is 0 Å². The van der Waals surface area contributed by atoms with Crippen LogP contribution in [0.1, 0.15) is 25.8 Å². The number of benzene rings is 1. The fraction of sp³-hybridized carbons (Fsp3) is 0.562. The van der Waals surface area contributed by atoms with E-state index in [1.165, 1.54) is 0 Å². The lowest BCUT2D eigenvalue weighted by Crippen LogP contribution is -2.37. The average molecular weight is 310 g/mol. The van der Waals surface area contributed by atoms with E-state index in [4.69, 9.17) is 27.4 Å². The Morgan fingerprint density at radius 2 is 2.19 bits per heavy atom. The molecule has 0 amide bonds. The van der Waals surface area contributed by atoms with Gasteiger partial charge in [-0.15, -0.1) is 0 Å². The van der Waals surface area contributed by atoms with Gasteiger partial charge in [0.15, 0.2) is 0 Å². The van der Waals surface area contributed by atoms with E-state index in [1.54, 1.807) is 7.11 Å². The predicted molar refractivity (Wildman–Crippen MR) is 91.0 cm³/mol. The summed E-state index contributed by atoms with van der Waals surface area (Å²) in [6.07, 6.45) is 0.971. The zero-order valence-corrected chi connectivity index (χ0v) is 14.0. The standard InChI is InChI=1S/C16H26N2O2S/c1-4-18(13(2)12-19-3)9-6-10-20-15-8-5-7-14(11-15)16(17)21/h5,7-8,11,13H,4,6,9-10,12H2,1-3H3,(H2,17,21). The highest BCUT2D eigenvalue weighted by atomic mass is 32.1. The fourth-order valence-corrected chi connectivity index (χ4v) is 2.36. The summed E-state index contributed by atoms with van der Waals surface area (Å²) in [6, 6.07) is 8.03. The fourth-order valence-electron chi connectivity index (χ4n) is 2.23. The van der Waals surface area contributed by atoms with Crippen molar-refractivity contribution in [3.63, 3.8) is 0 Å². The molecule has 1 atom stereocenters. The van der Waals surface area contributed by atoms with E-state index in [1.807, 2.05) is 24.3 Å². The van der Waals surface area contributed by atoms with Crippen LogP contribution in [-0.4, -0.2) is 49.3 Å². The SMILES string of the molecule is CCN(CCCOc1cccc(C(N)=S)c1)C(C)COC. The van der Waals surface area contributed by atoms with E-state index >= 15 is 0 Å². The lowest BCUT2D eigenvalue weighted by molar-refractivity contribution is 0.0985. The smallest absolute Gasteiger partial charge is 0.119 e. The highest BCUT2D eigenvalue weighted by molar-refractivity contribution is 7.80. The van der Waals surface area contributed by atoms with Crippen LogP contribution in [0.2, 0.25) is 0 Å². The van der Waals surface area contributed by atoms with Gasteiger partial charge in [0.25, 0.3) is 0 Å². The number of rotatable bonds is 10. The van der Waals surface area contributed by atoms with Crippen molar-refractivity contribution >= 4 is 17.2 Å². The quantitative estimate of drug-likeness (QED) is 0.531. The lowest BCUT2D eigenvalue weighted by Gasteiger charge is -2.27. The van der Waals surface area contributed by atoms with Crippen molar-refractivity contribution in [3.05, 3.63) is 29.8 Å². The van der Waals surface area contributed by atoms with E-state index in [0.717, 1.165) is 37.4 Å². The molecule has 1 aromatic carbocycles. The van der Waals surface area contributed by atoms with Gasteiger partial charge in [-0.05, 0) is 32.0 Å². The summed E-state index contributed by atoms with van der Waals surface area (Å²) in [5, 5.41) is 0. The molecule has 5 heteroatoms. The molecule has 0 aliphatic heterocycles. The zero-order chi connectivity index (χ0) is 15.7. The molecule has 0 saturated carbocycles. The molecule has 0 aliphatic carbocycles. The average Bonchev–Trinajstić information content (AvgIpc) is 2.47. The van der Waals surface area contributed by atoms with Crippen LogP contribution in [0.5, 0.6) is 5.75 Å². The maximum atomic E-state index is 5.76. The molecule has 0 heterocycles. The Morgan fingerprint density at radius 1 is 1.43 bits per heavy atom. The number of hydrogen-bond donors (Lipinski definition) is 1. The van der Waals surface area contributed by atoms with Gasteiger partial charge in [-0.1, -0.05) is 31.3 Å². The Morgan fingerprint density at radius 3 is 2.81 bits per heavy atom. The van der Waals surface area contributed by atoms with Crippen molar-refractivity contribution in [3.8, 4) is 5.75 Å². The molecule has 21 heavy (non-hydrogen) atoms. The van der Waals surface area contributed by atoms with Crippen molar-refractivity contribution in [2.24, 2.45) is 5.73 Å². The number of nitrogens with zero attached hydrogens (tertiary/aromatic N) is 1. The second-order valence-corrected chi connectivity index (χ2v) is 5.47. The third-order valence-electron chi connectivity index (χ3n) is 3.41. The molecular formula is C16H26N2O2S. The highest BCUT2D eigenvalue weighted by Gasteiger charge is 2.11. The molecule has 118 valence electrons. The van der Waals surface area contributed by atoms with Gasteiger partial charge in [0.2, 0.25) is 0 Å². The molecular weight excluding hydrogens is 284 g/mol. The van der Waals surface area contributed by atoms with Crippen LogP contribution in [-0.2, 0) is 4.74 Å². The van der Waals surface area contributed by atoms with Gasteiger partial charge in [0, 0.05) is 25.3 Å². The number of hydrogen-bond acceptors (Lipinski definition) is 4. The third kappa shape index (κ3) is 6.42. The van der Waals surface area contributed by atoms with Crippen LogP contribution in [0.4, 0.5) is 0 Å². The minimum absolute atomic E-state index is 0.394. The maximum absolute atomic E-state index is 5.76. The van der Waals surface area contributed by atoms with Gasteiger partial charge in [0.1, 0.15) is 10.7 Å². The molecule has 0 aromatic heterocycles. The highest BCUT2D eigenvalue weighted by Crippen LogP contribution is 2.13. The van der Waals surface area contributed by atoms with Crippen LogP contribution in [0.15, 0.2) is 24.3 Å². The van der Waals surface area contributed by atoms with Crippen molar-refractivity contribution in [1.82, 2.24) is 4.90 Å². The second kappa shape index (κ2) is 9.71. The van der Waals surface area contributed by atoms with Crippen LogP contribution in [0, 0.1) is 0 Å². The molecule has 0 spiro atoms. The summed E-state index contributed by atoms with van der Waals surface area (Å²) in [5.41, 5.74) is 6.45. The van der Waals surface area contributed by atoms with Crippen molar-refractivity contribution in [2.45, 2.75) is 26.3 Å². The van der Waals surface area contributed by atoms with E-state index in [2.05, 4.69) is 18.7 Å². The number of methoxy groups -OCH3 is 1. The minimum atomic E-state index is 0.394. The number of thiocarbonyl (C=S) groups is 1. The molecule has 2 N–H and O–H groups in total. The van der Waals surface area contributed by atoms with Gasteiger partial charge in [-0.2, -0.15) is 0 Å². The van der Waals surface area contributed by atoms with Gasteiger partial charge in [-0.25, -0.2) is 0 Å². The van der Waals surface area contributed by atoms with Crippen molar-refractivity contribution < 1.29 is 9.47 Å². The second-order valence-electron chi connectivity index (χ2n) is 5.03. The van der Waals surface area contributed by atoms with Gasteiger partial charge < -0.3 is 15.2 Å². The van der Waals surface area contributed by atoms with E-state index in [-0.39, 0.29) is 0 Å². The van der Waals surface area contributed by atoms with Crippen LogP contribution < -0.4 is 10.5 Å². The van der Waals surface area contributed by atoms with Gasteiger partial charge >= 0.3 is 0 Å². The molecule has 0 saturated heterocycles. The molecule has 1 unspecified atom stereocenters. The number of ether oxygens (including phenoxy) is 2. The first-order valence-corrected chi connectivity index (χ1v) is 7.75. The summed E-state index contributed by atoms with van der Waals surface area (Å²) in [7, 11) is 1.74. The monoisotopic (exact) mass is 310 g/mol. The number of likely N-dealkylation sites (N-methyl/N-ethyl adjacent to an activating group) is 1. The van der Waals surface area contributed by atoms with E-state index in [0.29, 0.717) is 17.6 Å². The molecule has 0 fully saturated rings. The molecule has 0 aliphatic rings. The lowest BCUT2D eigenvalue weighted by atomic mass is 10.2. The van der Waals surface area contributed by atoms with E-state index in [9.17, 15) is 0 Å². The first kappa shape index (κ1) is 17.9. The Bertz CT molecular complexity index is 440. The largest absolute Gasteiger partial charge is 0.494 e. The van der Waals surface area contributed by atoms with Gasteiger partial charge in [0.05, 0.1) is 13.2 Å². The summed E-state index contributed by atoms with van der Waals surface area (Å²) in [5.74, 6) is 0.813. The Kier molecular flexibility index (Phi) is 8.27. The molecule has 0 bridgehead atoms. The Labute approximate surface area is 133 Å². The van der Waals surface area contributed by atoms with Gasteiger partial charge in [-0.3, -0.25) is 4.90 Å². The predicted octanol–water partition coefficient (Wildman–Crippen LogP) is 2.45. The minimum Gasteiger partial charge on any atom is -0.494 e. The summed E-state index contributed by atoms with van der Waals surface area (Å²) >= 11 is 4.96. The normalized spacial score (nSPS) is 12.4. The van der Waals surface area contributed by atoms with Crippen LogP contribution in [0.25, 0.3) is 0 Å². The first-order valence-electron chi connectivity index (χ1n) is 7.34. The van der Waals surface area contributed by atoms with Crippen LogP contribution >= 0.6 is 12.2 Å². The van der Waals surface area contributed by atoms with Crippen molar-refractivity contribution in [2.75, 3.05) is 33.4 Å². The van der Waals surface area contributed by atoms with Crippen LogP contribution in [0.3, 0.4) is 0 Å². The first-order chi connectivity index (χ1) is 10.1. The molecule has 1 rings (SSSR count). The maximum Gasteiger partial charge on any atom is 0.119 e. The number of nitrogens with two attached hydrogens (primary N) is 1. The molecule has 1 aromatic rings.